The van der Waals surface area contributed by atoms with E-state index >= 15 is 0 Å². The van der Waals surface area contributed by atoms with Crippen molar-refractivity contribution in [2.24, 2.45) is 0 Å². The van der Waals surface area contributed by atoms with Crippen molar-refractivity contribution in [2.75, 3.05) is 28.8 Å². The lowest BCUT2D eigenvalue weighted by atomic mass is 10.0. The Morgan fingerprint density at radius 3 is 2.52 bits per heavy atom. The molecule has 2 N–H and O–H groups in total. The van der Waals surface area contributed by atoms with Crippen LogP contribution in [0, 0.1) is 0 Å². The van der Waals surface area contributed by atoms with E-state index in [0.717, 1.165) is 16.9 Å². The van der Waals surface area contributed by atoms with Crippen LogP contribution in [-0.2, 0) is 0 Å². The molecule has 4 rings (SSSR count). The summed E-state index contributed by atoms with van der Waals surface area (Å²) in [6, 6.07) is 15.9. The molecule has 3 aromatic rings. The number of fused-ring (bicyclic) bond motifs is 1. The Labute approximate surface area is 181 Å². The van der Waals surface area contributed by atoms with Crippen molar-refractivity contribution in [3.63, 3.8) is 0 Å². The van der Waals surface area contributed by atoms with E-state index in [9.17, 15) is 9.90 Å². The fourth-order valence-electron chi connectivity index (χ4n) is 3.65. The van der Waals surface area contributed by atoms with Crippen molar-refractivity contribution in [3.8, 4) is 5.75 Å². The lowest BCUT2D eigenvalue weighted by molar-refractivity contribution is 0.233. The summed E-state index contributed by atoms with van der Waals surface area (Å²) in [6.45, 7) is 3.54. The van der Waals surface area contributed by atoms with Gasteiger partial charge in [0.1, 0.15) is 11.6 Å². The summed E-state index contributed by atoms with van der Waals surface area (Å²) < 4.78 is 5.23. The number of urea groups is 1. The third-order valence-electron chi connectivity index (χ3n) is 5.36. The van der Waals surface area contributed by atoms with Crippen LogP contribution in [0.2, 0.25) is 0 Å². The maximum Gasteiger partial charge on any atom is 0.331 e. The molecule has 2 amide bonds. The normalized spacial score (nSPS) is 16.6. The Bertz CT molecular complexity index is 1060. The first kappa shape index (κ1) is 20.6. The SMILES string of the molecule is COc1ccc(N2C(=O)N([C@H](C)CO)c3nc(Nc4ccccc4)ncc3[C@@H]2C)cc1. The van der Waals surface area contributed by atoms with Gasteiger partial charge in [-0.1, -0.05) is 18.2 Å². The predicted molar refractivity (Wildman–Crippen MR) is 120 cm³/mol. The number of anilines is 4. The van der Waals surface area contributed by atoms with Crippen molar-refractivity contribution in [2.45, 2.75) is 25.9 Å². The van der Waals surface area contributed by atoms with E-state index in [0.29, 0.717) is 17.5 Å². The van der Waals surface area contributed by atoms with Gasteiger partial charge in [-0.3, -0.25) is 9.80 Å². The molecule has 8 nitrogen and oxygen atoms in total. The number of aliphatic hydroxyl groups is 1. The molecule has 0 radical (unpaired) electrons. The van der Waals surface area contributed by atoms with Crippen LogP contribution < -0.4 is 19.9 Å². The third-order valence-corrected chi connectivity index (χ3v) is 5.36. The number of hydrogen-bond donors (Lipinski definition) is 2. The van der Waals surface area contributed by atoms with Crippen LogP contribution in [0.1, 0.15) is 25.5 Å². The summed E-state index contributed by atoms with van der Waals surface area (Å²) >= 11 is 0. The topological polar surface area (TPSA) is 90.8 Å². The quantitative estimate of drug-likeness (QED) is 0.625. The van der Waals surface area contributed by atoms with E-state index < -0.39 is 6.04 Å². The van der Waals surface area contributed by atoms with Gasteiger partial charge in [0.2, 0.25) is 5.95 Å². The number of methoxy groups -OCH3 is 1. The van der Waals surface area contributed by atoms with E-state index in [1.165, 1.54) is 4.90 Å². The number of amides is 2. The molecule has 0 aliphatic carbocycles. The van der Waals surface area contributed by atoms with Crippen molar-refractivity contribution in [3.05, 3.63) is 66.4 Å². The Morgan fingerprint density at radius 2 is 1.87 bits per heavy atom. The van der Waals surface area contributed by atoms with Crippen LogP contribution in [0.5, 0.6) is 5.75 Å². The number of hydrogen-bond acceptors (Lipinski definition) is 6. The van der Waals surface area contributed by atoms with Gasteiger partial charge < -0.3 is 15.2 Å². The number of para-hydroxylation sites is 1. The first-order valence-electron chi connectivity index (χ1n) is 10.1. The average Bonchev–Trinajstić information content (AvgIpc) is 2.80. The number of aromatic nitrogens is 2. The maximum atomic E-state index is 13.6. The lowest BCUT2D eigenvalue weighted by Crippen LogP contribution is -2.54. The number of nitrogens with zero attached hydrogens (tertiary/aromatic N) is 4. The highest BCUT2D eigenvalue weighted by Gasteiger charge is 2.40. The van der Waals surface area contributed by atoms with E-state index in [-0.39, 0.29) is 18.7 Å². The Kier molecular flexibility index (Phi) is 5.73. The lowest BCUT2D eigenvalue weighted by Gasteiger charge is -2.42. The number of benzene rings is 2. The second-order valence-electron chi connectivity index (χ2n) is 7.39. The molecule has 160 valence electrons. The zero-order valence-corrected chi connectivity index (χ0v) is 17.7. The van der Waals surface area contributed by atoms with Gasteiger partial charge in [0.15, 0.2) is 0 Å². The van der Waals surface area contributed by atoms with Crippen LogP contribution in [0.4, 0.5) is 27.9 Å². The minimum atomic E-state index is -0.459. The van der Waals surface area contributed by atoms with E-state index in [1.54, 1.807) is 25.1 Å². The first-order valence-corrected chi connectivity index (χ1v) is 10.1. The van der Waals surface area contributed by atoms with Crippen LogP contribution in [0.25, 0.3) is 0 Å². The van der Waals surface area contributed by atoms with Crippen molar-refractivity contribution in [1.29, 1.82) is 0 Å². The van der Waals surface area contributed by atoms with Crippen LogP contribution in [0.3, 0.4) is 0 Å². The standard InChI is InChI=1S/C23H25N5O3/c1-15(14-29)27-21-20(13-24-22(26-21)25-17-7-5-4-6-8-17)16(2)28(23(27)30)18-9-11-19(31-3)12-10-18/h4-13,15-16,29H,14H2,1-3H3,(H,24,25,26)/t15-,16+/m1/s1. The van der Waals surface area contributed by atoms with Gasteiger partial charge in [0.05, 0.1) is 25.8 Å². The number of carbonyl (C=O) groups is 1. The molecule has 0 unspecified atom stereocenters. The summed E-state index contributed by atoms with van der Waals surface area (Å²) in [4.78, 5) is 25.9. The smallest absolute Gasteiger partial charge is 0.331 e. The molecule has 8 heteroatoms. The van der Waals surface area contributed by atoms with Gasteiger partial charge in [-0.25, -0.2) is 9.78 Å². The summed E-state index contributed by atoms with van der Waals surface area (Å²) in [6.07, 6.45) is 1.73. The Hall–Kier alpha value is -3.65. The largest absolute Gasteiger partial charge is 0.497 e. The maximum absolute atomic E-state index is 13.6. The number of aliphatic hydroxyl groups excluding tert-OH is 1. The van der Waals surface area contributed by atoms with Gasteiger partial charge in [-0.2, -0.15) is 4.98 Å². The number of rotatable bonds is 6. The summed E-state index contributed by atoms with van der Waals surface area (Å²) in [7, 11) is 1.60. The molecule has 2 aromatic carbocycles. The van der Waals surface area contributed by atoms with Crippen LogP contribution in [-0.4, -0.2) is 40.9 Å². The predicted octanol–water partition coefficient (Wildman–Crippen LogP) is 4.12. The molecule has 1 aromatic heterocycles. The zero-order valence-electron chi connectivity index (χ0n) is 17.7. The molecule has 0 saturated carbocycles. The van der Waals surface area contributed by atoms with Crippen molar-refractivity contribution < 1.29 is 14.6 Å². The highest BCUT2D eigenvalue weighted by atomic mass is 16.5. The van der Waals surface area contributed by atoms with Crippen molar-refractivity contribution >= 4 is 29.2 Å². The summed E-state index contributed by atoms with van der Waals surface area (Å²) in [5, 5.41) is 13.0. The molecule has 0 bridgehead atoms. The van der Waals surface area contributed by atoms with E-state index in [2.05, 4.69) is 15.3 Å². The molecule has 1 aliphatic heterocycles. The molecule has 0 fully saturated rings. The molecule has 1 aliphatic rings. The fourth-order valence-corrected chi connectivity index (χ4v) is 3.65. The monoisotopic (exact) mass is 419 g/mol. The molecule has 0 saturated heterocycles. The van der Waals surface area contributed by atoms with Gasteiger partial charge in [0, 0.05) is 23.1 Å². The average molecular weight is 419 g/mol. The third kappa shape index (κ3) is 3.89. The number of carbonyl (C=O) groups excluding carboxylic acids is 1. The number of ether oxygens (including phenoxy) is 1. The van der Waals surface area contributed by atoms with Gasteiger partial charge in [-0.15, -0.1) is 0 Å². The number of nitrogens with one attached hydrogen (secondary N) is 1. The molecule has 2 atom stereocenters. The fraction of sp³-hybridized carbons (Fsp3) is 0.261. The highest BCUT2D eigenvalue weighted by molar-refractivity contribution is 6.06. The van der Waals surface area contributed by atoms with Gasteiger partial charge >= 0.3 is 6.03 Å². The minimum Gasteiger partial charge on any atom is -0.497 e. The van der Waals surface area contributed by atoms with E-state index in [1.807, 2.05) is 61.5 Å². The second kappa shape index (κ2) is 8.61. The Morgan fingerprint density at radius 1 is 1.16 bits per heavy atom. The summed E-state index contributed by atoms with van der Waals surface area (Å²) in [5.41, 5.74) is 2.37. The van der Waals surface area contributed by atoms with E-state index in [4.69, 9.17) is 4.74 Å². The highest BCUT2D eigenvalue weighted by Crippen LogP contribution is 2.39. The molecule has 31 heavy (non-hydrogen) atoms. The van der Waals surface area contributed by atoms with Gasteiger partial charge in [-0.05, 0) is 50.2 Å². The van der Waals surface area contributed by atoms with Crippen molar-refractivity contribution in [1.82, 2.24) is 9.97 Å². The van der Waals surface area contributed by atoms with Crippen LogP contribution in [0.15, 0.2) is 60.8 Å². The van der Waals surface area contributed by atoms with Gasteiger partial charge in [0.25, 0.3) is 0 Å². The molecule has 0 spiro atoms. The molecule has 2 heterocycles. The second-order valence-corrected chi connectivity index (χ2v) is 7.39. The zero-order chi connectivity index (χ0) is 22.0. The summed E-state index contributed by atoms with van der Waals surface area (Å²) in [5.74, 6) is 1.59. The molecular weight excluding hydrogens is 394 g/mol. The first-order chi connectivity index (χ1) is 15.0. The molecular formula is C23H25N5O3. The van der Waals surface area contributed by atoms with Crippen LogP contribution >= 0.6 is 0 Å². The Balaban J connectivity index is 1.75. The minimum absolute atomic E-state index is 0.193.